The Morgan fingerprint density at radius 2 is 1.66 bits per heavy atom. The van der Waals surface area contributed by atoms with Crippen LogP contribution in [0.2, 0.25) is 0 Å². The molecule has 0 radical (unpaired) electrons. The average Bonchev–Trinajstić information content (AvgIpc) is 3.36. The van der Waals surface area contributed by atoms with Gasteiger partial charge in [0.05, 0.1) is 0 Å². The molecule has 1 aromatic heterocycles. The molecule has 0 amide bonds. The van der Waals surface area contributed by atoms with E-state index in [4.69, 9.17) is 0 Å². The lowest BCUT2D eigenvalue weighted by molar-refractivity contribution is 0.596. The Labute approximate surface area is 187 Å². The Bertz CT molecular complexity index is 1230. The molecule has 0 spiro atoms. The van der Waals surface area contributed by atoms with Gasteiger partial charge >= 0.3 is 5.69 Å². The Balaban J connectivity index is 1.43. The third-order valence-corrected chi connectivity index (χ3v) is 6.81. The quantitative estimate of drug-likeness (QED) is 0.625. The van der Waals surface area contributed by atoms with E-state index in [0.29, 0.717) is 12.0 Å². The van der Waals surface area contributed by atoms with E-state index in [0.717, 1.165) is 43.6 Å². The number of aromatic nitrogens is 2. The monoisotopic (exact) mass is 427 g/mol. The minimum Gasteiger partial charge on any atom is -0.371 e. The van der Waals surface area contributed by atoms with Crippen LogP contribution in [-0.4, -0.2) is 23.1 Å². The van der Waals surface area contributed by atoms with E-state index >= 15 is 0 Å². The van der Waals surface area contributed by atoms with Crippen molar-refractivity contribution in [3.05, 3.63) is 104 Å². The van der Waals surface area contributed by atoms with Gasteiger partial charge in [-0.2, -0.15) is 0 Å². The van der Waals surface area contributed by atoms with Gasteiger partial charge in [-0.1, -0.05) is 54.6 Å². The van der Waals surface area contributed by atoms with Crippen molar-refractivity contribution in [2.24, 2.45) is 0 Å². The molecule has 0 bridgehead atoms. The number of anilines is 1. The van der Waals surface area contributed by atoms with Crippen molar-refractivity contribution in [1.29, 1.82) is 0 Å². The van der Waals surface area contributed by atoms with E-state index in [2.05, 4.69) is 45.2 Å². The van der Waals surface area contributed by atoms with Gasteiger partial charge in [0.2, 0.25) is 0 Å². The summed E-state index contributed by atoms with van der Waals surface area (Å²) < 4.78 is 0. The third-order valence-electron chi connectivity index (χ3n) is 6.81. The lowest BCUT2D eigenvalue weighted by Gasteiger charge is -2.27. The number of hydrogen-bond donors (Lipinski definition) is 2. The molecule has 0 saturated carbocycles. The van der Waals surface area contributed by atoms with E-state index in [1.807, 2.05) is 30.3 Å². The van der Waals surface area contributed by atoms with Crippen LogP contribution >= 0.6 is 0 Å². The lowest BCUT2D eigenvalue weighted by atomic mass is 9.82. The molecule has 2 aromatic carbocycles. The molecule has 3 aromatic rings. The van der Waals surface area contributed by atoms with E-state index in [1.165, 1.54) is 29.7 Å². The first-order chi connectivity index (χ1) is 15.7. The topological polar surface area (TPSA) is 69.0 Å². The molecule has 1 aliphatic carbocycles. The van der Waals surface area contributed by atoms with Gasteiger partial charge in [-0.3, -0.25) is 9.78 Å². The van der Waals surface area contributed by atoms with Crippen LogP contribution in [0.4, 0.5) is 5.69 Å². The lowest BCUT2D eigenvalue weighted by Crippen LogP contribution is -2.30. The smallest absolute Gasteiger partial charge is 0.325 e. The second kappa shape index (κ2) is 9.03. The summed E-state index contributed by atoms with van der Waals surface area (Å²) in [7, 11) is 0. The van der Waals surface area contributed by atoms with Crippen molar-refractivity contribution in [1.82, 2.24) is 9.97 Å². The molecule has 164 valence electrons. The number of para-hydroxylation sites is 1. The van der Waals surface area contributed by atoms with Gasteiger partial charge < -0.3 is 9.88 Å². The fourth-order valence-corrected chi connectivity index (χ4v) is 5.17. The second-order valence-corrected chi connectivity index (χ2v) is 8.87. The number of aromatic amines is 2. The zero-order valence-corrected chi connectivity index (χ0v) is 18.3. The number of H-pyrrole nitrogens is 2. The molecule has 5 heteroatoms. The maximum absolute atomic E-state index is 12.7. The minimum absolute atomic E-state index is 0.145. The van der Waals surface area contributed by atoms with Crippen LogP contribution < -0.4 is 16.1 Å². The van der Waals surface area contributed by atoms with E-state index in [9.17, 15) is 9.59 Å². The maximum Gasteiger partial charge on any atom is 0.325 e. The van der Waals surface area contributed by atoms with E-state index in [1.54, 1.807) is 0 Å². The minimum atomic E-state index is -0.420. The van der Waals surface area contributed by atoms with Crippen LogP contribution in [0.15, 0.2) is 70.3 Å². The molecule has 1 saturated heterocycles. The zero-order chi connectivity index (χ0) is 21.9. The number of hydrogen-bond acceptors (Lipinski definition) is 3. The van der Waals surface area contributed by atoms with Gasteiger partial charge in [-0.15, -0.1) is 0 Å². The normalized spacial score (nSPS) is 18.6. The van der Waals surface area contributed by atoms with Gasteiger partial charge in [0, 0.05) is 47.9 Å². The molecular weight excluding hydrogens is 398 g/mol. The van der Waals surface area contributed by atoms with Crippen molar-refractivity contribution < 1.29 is 0 Å². The van der Waals surface area contributed by atoms with Gasteiger partial charge in [-0.25, -0.2) is 4.79 Å². The van der Waals surface area contributed by atoms with E-state index in [-0.39, 0.29) is 11.5 Å². The molecule has 1 unspecified atom stereocenters. The van der Waals surface area contributed by atoms with Gasteiger partial charge in [0.1, 0.15) is 0 Å². The van der Waals surface area contributed by atoms with Crippen LogP contribution in [0.25, 0.3) is 5.57 Å². The molecule has 2 N–H and O–H groups in total. The predicted octanol–water partition coefficient (Wildman–Crippen LogP) is 4.61. The van der Waals surface area contributed by atoms with Crippen LogP contribution in [0.3, 0.4) is 0 Å². The second-order valence-electron chi connectivity index (χ2n) is 8.87. The van der Waals surface area contributed by atoms with Gasteiger partial charge in [0.15, 0.2) is 0 Å². The molecule has 1 atom stereocenters. The molecule has 2 heterocycles. The average molecular weight is 428 g/mol. The molecule has 5 rings (SSSR count). The Kier molecular flexibility index (Phi) is 5.80. The summed E-state index contributed by atoms with van der Waals surface area (Å²) in [5, 5.41) is 0. The number of benzene rings is 2. The van der Waals surface area contributed by atoms with Crippen molar-refractivity contribution in [3.63, 3.8) is 0 Å². The largest absolute Gasteiger partial charge is 0.371 e. The predicted molar refractivity (Wildman–Crippen MR) is 129 cm³/mol. The summed E-state index contributed by atoms with van der Waals surface area (Å²) in [4.78, 5) is 32.7. The Morgan fingerprint density at radius 1 is 0.906 bits per heavy atom. The van der Waals surface area contributed by atoms with Crippen molar-refractivity contribution in [2.45, 2.75) is 44.4 Å². The Hall–Kier alpha value is -3.34. The highest BCUT2D eigenvalue weighted by Gasteiger charge is 2.24. The number of rotatable bonds is 5. The van der Waals surface area contributed by atoms with Crippen LogP contribution in [0.5, 0.6) is 0 Å². The van der Waals surface area contributed by atoms with Crippen LogP contribution in [-0.2, 0) is 6.42 Å². The van der Waals surface area contributed by atoms with Gasteiger partial charge in [-0.05, 0) is 49.3 Å². The highest BCUT2D eigenvalue weighted by atomic mass is 16.2. The molecular formula is C27H29N3O2. The maximum atomic E-state index is 12.7. The number of allylic oxidation sites excluding steroid dienone is 2. The van der Waals surface area contributed by atoms with Gasteiger partial charge in [0.25, 0.3) is 5.56 Å². The summed E-state index contributed by atoms with van der Waals surface area (Å²) >= 11 is 0. The number of nitrogens with zero attached hydrogens (tertiary/aromatic N) is 1. The summed E-state index contributed by atoms with van der Waals surface area (Å²) in [6, 6.07) is 18.7. The Morgan fingerprint density at radius 3 is 2.41 bits per heavy atom. The SMILES string of the molecule is O=c1[nH]c(C2CC=C(c3ccccc3N3CCCC3)CC2)c(Cc2ccccc2)c(=O)[nH]1. The molecule has 5 nitrogen and oxygen atoms in total. The molecule has 32 heavy (non-hydrogen) atoms. The highest BCUT2D eigenvalue weighted by Crippen LogP contribution is 2.39. The third kappa shape index (κ3) is 4.20. The first-order valence-corrected chi connectivity index (χ1v) is 11.6. The standard InChI is InChI=1S/C27H29N3O2/c31-26-23(18-19-8-2-1-3-9-19)25(28-27(32)29-26)21-14-12-20(13-15-21)22-10-4-5-11-24(22)30-16-6-7-17-30/h1-5,8-12,21H,6-7,13-18H2,(H2,28,29,31,32). The summed E-state index contributed by atoms with van der Waals surface area (Å²) in [5.41, 5.74) is 5.89. The summed E-state index contributed by atoms with van der Waals surface area (Å²) in [6.07, 6.45) is 8.04. The zero-order valence-electron chi connectivity index (χ0n) is 18.3. The van der Waals surface area contributed by atoms with Crippen molar-refractivity contribution in [2.75, 3.05) is 18.0 Å². The fourth-order valence-electron chi connectivity index (χ4n) is 5.17. The van der Waals surface area contributed by atoms with Crippen LogP contribution in [0, 0.1) is 0 Å². The molecule has 1 fully saturated rings. The van der Waals surface area contributed by atoms with Crippen LogP contribution in [0.1, 0.15) is 60.4 Å². The first kappa shape index (κ1) is 20.6. The number of nitrogens with one attached hydrogen (secondary N) is 2. The van der Waals surface area contributed by atoms with Crippen molar-refractivity contribution in [3.8, 4) is 0 Å². The fraction of sp³-hybridized carbons (Fsp3) is 0.333. The molecule has 1 aliphatic heterocycles. The highest BCUT2D eigenvalue weighted by molar-refractivity contribution is 5.77. The molecule has 2 aliphatic rings. The van der Waals surface area contributed by atoms with Crippen molar-refractivity contribution >= 4 is 11.3 Å². The summed E-state index contributed by atoms with van der Waals surface area (Å²) in [6.45, 7) is 2.26. The summed E-state index contributed by atoms with van der Waals surface area (Å²) in [5.74, 6) is 0.145. The first-order valence-electron chi connectivity index (χ1n) is 11.6. The van der Waals surface area contributed by atoms with E-state index < -0.39 is 5.69 Å².